The van der Waals surface area contributed by atoms with Gasteiger partial charge in [0.05, 0.1) is 7.11 Å². The lowest BCUT2D eigenvalue weighted by Crippen LogP contribution is -2.44. The van der Waals surface area contributed by atoms with Crippen molar-refractivity contribution in [1.29, 1.82) is 0 Å². The summed E-state index contributed by atoms with van der Waals surface area (Å²) in [6, 6.07) is 7.25. The van der Waals surface area contributed by atoms with Gasteiger partial charge in [0, 0.05) is 25.1 Å². The second kappa shape index (κ2) is 7.11. The Morgan fingerprint density at radius 1 is 1.33 bits per heavy atom. The molecule has 0 bridgehead atoms. The number of rotatable bonds is 5. The van der Waals surface area contributed by atoms with Gasteiger partial charge in [0.2, 0.25) is 11.8 Å². The fourth-order valence-corrected chi connectivity index (χ4v) is 2.58. The van der Waals surface area contributed by atoms with Crippen LogP contribution in [0.25, 0.3) is 0 Å². The molecule has 114 valence electrons. The van der Waals surface area contributed by atoms with Crippen LogP contribution in [0.5, 0.6) is 5.75 Å². The fraction of sp³-hybridized carbons (Fsp3) is 0.500. The lowest BCUT2D eigenvalue weighted by Gasteiger charge is -2.24. The molecule has 1 fully saturated rings. The van der Waals surface area contributed by atoms with Gasteiger partial charge in [0.15, 0.2) is 0 Å². The zero-order valence-electron chi connectivity index (χ0n) is 12.6. The molecule has 0 spiro atoms. The molecule has 5 heteroatoms. The minimum Gasteiger partial charge on any atom is -0.496 e. The molecule has 1 N–H and O–H groups in total. The lowest BCUT2D eigenvalue weighted by molar-refractivity contribution is -0.134. The molecule has 1 aromatic carbocycles. The van der Waals surface area contributed by atoms with Gasteiger partial charge in [-0.05, 0) is 12.5 Å². The van der Waals surface area contributed by atoms with Crippen molar-refractivity contribution in [1.82, 2.24) is 10.2 Å². The number of carbonyl (C=O) groups is 2. The number of hydrogen-bond donors (Lipinski definition) is 1. The van der Waals surface area contributed by atoms with Gasteiger partial charge in [-0.1, -0.05) is 31.5 Å². The number of methoxy groups -OCH3 is 1. The van der Waals surface area contributed by atoms with Crippen molar-refractivity contribution in [3.05, 3.63) is 29.8 Å². The molecule has 0 saturated carbocycles. The average Bonchev–Trinajstić information content (AvgIpc) is 2.62. The quantitative estimate of drug-likeness (QED) is 0.898. The number of ether oxygens (including phenoxy) is 1. The van der Waals surface area contributed by atoms with Crippen LogP contribution < -0.4 is 10.1 Å². The van der Waals surface area contributed by atoms with Gasteiger partial charge in [-0.15, -0.1) is 0 Å². The van der Waals surface area contributed by atoms with Crippen molar-refractivity contribution in [3.8, 4) is 5.75 Å². The first-order chi connectivity index (χ1) is 10.2. The maximum absolute atomic E-state index is 12.6. The Kier molecular flexibility index (Phi) is 5.20. The van der Waals surface area contributed by atoms with Crippen LogP contribution in [0.4, 0.5) is 0 Å². The molecular weight excluding hydrogens is 268 g/mol. The molecule has 5 nitrogen and oxygen atoms in total. The van der Waals surface area contributed by atoms with E-state index in [0.717, 1.165) is 17.7 Å². The topological polar surface area (TPSA) is 58.6 Å². The zero-order valence-corrected chi connectivity index (χ0v) is 12.6. The largest absolute Gasteiger partial charge is 0.496 e. The minimum absolute atomic E-state index is 0.00592. The van der Waals surface area contributed by atoms with Crippen LogP contribution in [0.3, 0.4) is 0 Å². The molecule has 1 saturated heterocycles. The summed E-state index contributed by atoms with van der Waals surface area (Å²) in [6.45, 7) is 2.93. The highest BCUT2D eigenvalue weighted by Crippen LogP contribution is 2.21. The fourth-order valence-electron chi connectivity index (χ4n) is 2.58. The summed E-state index contributed by atoms with van der Waals surface area (Å²) in [5.74, 6) is 0.707. The molecule has 0 radical (unpaired) electrons. The molecule has 1 heterocycles. The molecule has 2 rings (SSSR count). The maximum atomic E-state index is 12.6. The van der Waals surface area contributed by atoms with Gasteiger partial charge in [-0.25, -0.2) is 0 Å². The molecule has 1 aromatic rings. The Labute approximate surface area is 125 Å². The summed E-state index contributed by atoms with van der Waals surface area (Å²) in [7, 11) is 1.62. The normalized spacial score (nSPS) is 19.1. The summed E-state index contributed by atoms with van der Waals surface area (Å²) < 4.78 is 5.33. The van der Waals surface area contributed by atoms with E-state index in [1.807, 2.05) is 31.2 Å². The SMILES string of the molecule is CCCC1NC(=O)CCN(Cc2ccccc2OC)C1=O. The number of carbonyl (C=O) groups excluding carboxylic acids is 2. The average molecular weight is 290 g/mol. The summed E-state index contributed by atoms with van der Waals surface area (Å²) in [5, 5.41) is 2.81. The van der Waals surface area contributed by atoms with E-state index in [2.05, 4.69) is 5.32 Å². The van der Waals surface area contributed by atoms with E-state index in [-0.39, 0.29) is 11.8 Å². The van der Waals surface area contributed by atoms with Crippen LogP contribution >= 0.6 is 0 Å². The van der Waals surface area contributed by atoms with Gasteiger partial charge >= 0.3 is 0 Å². The Morgan fingerprint density at radius 3 is 2.81 bits per heavy atom. The molecule has 1 atom stereocenters. The Balaban J connectivity index is 2.17. The number of benzene rings is 1. The summed E-state index contributed by atoms with van der Waals surface area (Å²) in [6.07, 6.45) is 1.88. The Bertz CT molecular complexity index is 516. The van der Waals surface area contributed by atoms with Gasteiger partial charge in [0.25, 0.3) is 0 Å². The van der Waals surface area contributed by atoms with Crippen LogP contribution in [0, 0.1) is 0 Å². The Hall–Kier alpha value is -2.04. The van der Waals surface area contributed by atoms with Crippen LogP contribution in [0.15, 0.2) is 24.3 Å². The predicted octanol–water partition coefficient (Wildman–Crippen LogP) is 1.71. The summed E-state index contributed by atoms with van der Waals surface area (Å²) in [5.41, 5.74) is 0.956. The van der Waals surface area contributed by atoms with E-state index >= 15 is 0 Å². The standard InChI is InChI=1S/C16H22N2O3/c1-3-6-13-16(20)18(10-9-15(19)17-13)11-12-7-4-5-8-14(12)21-2/h4-5,7-8,13H,3,6,9-11H2,1-2H3,(H,17,19). The Morgan fingerprint density at radius 2 is 2.10 bits per heavy atom. The highest BCUT2D eigenvalue weighted by Gasteiger charge is 2.29. The molecule has 2 amide bonds. The van der Waals surface area contributed by atoms with Crippen LogP contribution in [0.1, 0.15) is 31.7 Å². The van der Waals surface area contributed by atoms with Gasteiger partial charge in [-0.2, -0.15) is 0 Å². The first-order valence-corrected chi connectivity index (χ1v) is 7.35. The first-order valence-electron chi connectivity index (χ1n) is 7.35. The van der Waals surface area contributed by atoms with E-state index in [4.69, 9.17) is 4.74 Å². The number of amides is 2. The zero-order chi connectivity index (χ0) is 15.2. The van der Waals surface area contributed by atoms with E-state index in [9.17, 15) is 9.59 Å². The van der Waals surface area contributed by atoms with Crippen molar-refractivity contribution in [2.45, 2.75) is 38.8 Å². The number of nitrogens with one attached hydrogen (secondary N) is 1. The predicted molar refractivity (Wildman–Crippen MR) is 79.9 cm³/mol. The minimum atomic E-state index is -0.403. The van der Waals surface area contributed by atoms with Gasteiger partial charge < -0.3 is 15.0 Å². The van der Waals surface area contributed by atoms with E-state index in [1.54, 1.807) is 12.0 Å². The monoisotopic (exact) mass is 290 g/mol. The third kappa shape index (κ3) is 3.74. The summed E-state index contributed by atoms with van der Waals surface area (Å²) in [4.78, 5) is 26.0. The number of para-hydroxylation sites is 1. The highest BCUT2D eigenvalue weighted by atomic mass is 16.5. The highest BCUT2D eigenvalue weighted by molar-refractivity contribution is 5.89. The smallest absolute Gasteiger partial charge is 0.245 e. The van der Waals surface area contributed by atoms with Crippen LogP contribution in [-0.4, -0.2) is 36.4 Å². The molecule has 1 unspecified atom stereocenters. The molecule has 21 heavy (non-hydrogen) atoms. The maximum Gasteiger partial charge on any atom is 0.245 e. The van der Waals surface area contributed by atoms with E-state index in [1.165, 1.54) is 0 Å². The molecular formula is C16H22N2O3. The van der Waals surface area contributed by atoms with Crippen molar-refractivity contribution in [2.24, 2.45) is 0 Å². The van der Waals surface area contributed by atoms with Crippen molar-refractivity contribution < 1.29 is 14.3 Å². The first kappa shape index (κ1) is 15.4. The number of hydrogen-bond acceptors (Lipinski definition) is 3. The van der Waals surface area contributed by atoms with Gasteiger partial charge in [0.1, 0.15) is 11.8 Å². The molecule has 0 aliphatic carbocycles. The third-order valence-electron chi connectivity index (χ3n) is 3.68. The van der Waals surface area contributed by atoms with Crippen molar-refractivity contribution >= 4 is 11.8 Å². The third-order valence-corrected chi connectivity index (χ3v) is 3.68. The second-order valence-corrected chi connectivity index (χ2v) is 5.23. The van der Waals surface area contributed by atoms with Gasteiger partial charge in [-0.3, -0.25) is 9.59 Å². The van der Waals surface area contributed by atoms with Crippen molar-refractivity contribution in [3.63, 3.8) is 0 Å². The van der Waals surface area contributed by atoms with E-state index in [0.29, 0.717) is 25.9 Å². The lowest BCUT2D eigenvalue weighted by atomic mass is 10.1. The molecule has 0 aromatic heterocycles. The number of nitrogens with zero attached hydrogens (tertiary/aromatic N) is 1. The summed E-state index contributed by atoms with van der Waals surface area (Å²) >= 11 is 0. The van der Waals surface area contributed by atoms with Crippen molar-refractivity contribution in [2.75, 3.05) is 13.7 Å². The molecule has 1 aliphatic heterocycles. The second-order valence-electron chi connectivity index (χ2n) is 5.23. The van der Waals surface area contributed by atoms with Crippen LogP contribution in [-0.2, 0) is 16.1 Å². The molecule has 1 aliphatic rings. The van der Waals surface area contributed by atoms with Crippen LogP contribution in [0.2, 0.25) is 0 Å². The van der Waals surface area contributed by atoms with E-state index < -0.39 is 6.04 Å².